The Morgan fingerprint density at radius 3 is 2.42 bits per heavy atom. The second kappa shape index (κ2) is 5.80. The summed E-state index contributed by atoms with van der Waals surface area (Å²) in [5.74, 6) is -6.70. The number of benzene rings is 1. The van der Waals surface area contributed by atoms with Gasteiger partial charge in [0.05, 0.1) is 7.11 Å². The SMILES string of the molecule is COc1c(C2C(C(=O)O)OC(C)(C(F)(F)F)C2C)ccc(O)c1F. The molecule has 0 amide bonds. The van der Waals surface area contributed by atoms with Crippen molar-refractivity contribution >= 4 is 5.97 Å². The highest BCUT2D eigenvalue weighted by Crippen LogP contribution is 2.55. The quantitative estimate of drug-likeness (QED) is 0.818. The molecule has 1 aliphatic rings. The predicted molar refractivity (Wildman–Crippen MR) is 73.5 cm³/mol. The number of carbonyl (C=O) groups is 1. The van der Waals surface area contributed by atoms with Crippen LogP contribution in [0, 0.1) is 11.7 Å². The van der Waals surface area contributed by atoms with Crippen LogP contribution in [-0.2, 0) is 9.53 Å². The largest absolute Gasteiger partial charge is 0.505 e. The van der Waals surface area contributed by atoms with Crippen molar-refractivity contribution in [3.63, 3.8) is 0 Å². The first-order valence-electron chi connectivity index (χ1n) is 6.98. The molecule has 5 nitrogen and oxygen atoms in total. The molecule has 1 heterocycles. The summed E-state index contributed by atoms with van der Waals surface area (Å²) in [6, 6.07) is 2.07. The minimum atomic E-state index is -4.82. The lowest BCUT2D eigenvalue weighted by Gasteiger charge is -2.31. The first kappa shape index (κ1) is 18.3. The Labute approximate surface area is 134 Å². The Kier molecular flexibility index (Phi) is 4.43. The fraction of sp³-hybridized carbons (Fsp3) is 0.533. The number of phenols is 1. The van der Waals surface area contributed by atoms with Gasteiger partial charge in [-0.3, -0.25) is 0 Å². The molecule has 1 aromatic rings. The molecule has 1 aromatic carbocycles. The number of phenolic OH excluding ortho intramolecular Hbond substituents is 1. The number of alkyl halides is 3. The fourth-order valence-corrected chi connectivity index (χ4v) is 3.04. The van der Waals surface area contributed by atoms with Gasteiger partial charge in [-0.2, -0.15) is 17.6 Å². The van der Waals surface area contributed by atoms with Crippen LogP contribution in [0.15, 0.2) is 12.1 Å². The van der Waals surface area contributed by atoms with E-state index in [4.69, 9.17) is 9.47 Å². The molecule has 9 heteroatoms. The van der Waals surface area contributed by atoms with Gasteiger partial charge in [0.2, 0.25) is 5.82 Å². The molecular weight excluding hydrogens is 336 g/mol. The number of carboxylic acid groups (broad SMARTS) is 1. The third-order valence-corrected chi connectivity index (χ3v) is 4.58. The lowest BCUT2D eigenvalue weighted by Crippen LogP contribution is -2.47. The Bertz CT molecular complexity index is 660. The van der Waals surface area contributed by atoms with Crippen molar-refractivity contribution < 1.29 is 42.0 Å². The number of methoxy groups -OCH3 is 1. The summed E-state index contributed by atoms with van der Waals surface area (Å²) in [7, 11) is 1.07. The van der Waals surface area contributed by atoms with Gasteiger partial charge in [0, 0.05) is 17.4 Å². The fourth-order valence-electron chi connectivity index (χ4n) is 3.04. The van der Waals surface area contributed by atoms with E-state index in [0.29, 0.717) is 0 Å². The van der Waals surface area contributed by atoms with Crippen LogP contribution in [-0.4, -0.2) is 41.2 Å². The Morgan fingerprint density at radius 2 is 1.96 bits per heavy atom. The van der Waals surface area contributed by atoms with E-state index in [2.05, 4.69) is 0 Å². The van der Waals surface area contributed by atoms with Crippen molar-refractivity contribution in [1.29, 1.82) is 0 Å². The van der Waals surface area contributed by atoms with Gasteiger partial charge in [0.25, 0.3) is 0 Å². The average molecular weight is 352 g/mol. The van der Waals surface area contributed by atoms with Crippen LogP contribution in [0.3, 0.4) is 0 Å². The molecule has 24 heavy (non-hydrogen) atoms. The van der Waals surface area contributed by atoms with Gasteiger partial charge in [-0.15, -0.1) is 0 Å². The van der Waals surface area contributed by atoms with Gasteiger partial charge in [-0.1, -0.05) is 13.0 Å². The van der Waals surface area contributed by atoms with Crippen LogP contribution in [0.25, 0.3) is 0 Å². The molecule has 134 valence electrons. The molecule has 1 saturated heterocycles. The number of ether oxygens (including phenoxy) is 2. The molecule has 4 unspecified atom stereocenters. The van der Waals surface area contributed by atoms with Crippen LogP contribution < -0.4 is 4.74 Å². The van der Waals surface area contributed by atoms with E-state index in [1.807, 2.05) is 0 Å². The monoisotopic (exact) mass is 352 g/mol. The smallest absolute Gasteiger partial charge is 0.417 e. The summed E-state index contributed by atoms with van der Waals surface area (Å²) in [4.78, 5) is 11.4. The molecular formula is C15H16F4O5. The number of hydrogen-bond donors (Lipinski definition) is 2. The standard InChI is InChI=1S/C15H16F4O5/c1-6-9(7-4-5-8(20)10(16)11(7)23-3)12(13(21)22)24-14(6,2)15(17,18)19/h4-6,9,12,20H,1-3H3,(H,21,22). The minimum absolute atomic E-state index is 0.110. The maximum atomic E-state index is 14.0. The average Bonchev–Trinajstić information content (AvgIpc) is 2.75. The first-order chi connectivity index (χ1) is 11.0. The minimum Gasteiger partial charge on any atom is -0.505 e. The lowest BCUT2D eigenvalue weighted by atomic mass is 9.77. The highest BCUT2D eigenvalue weighted by atomic mass is 19.4. The van der Waals surface area contributed by atoms with Gasteiger partial charge in [-0.25, -0.2) is 4.79 Å². The zero-order valence-electron chi connectivity index (χ0n) is 13.0. The van der Waals surface area contributed by atoms with Gasteiger partial charge in [-0.05, 0) is 13.0 Å². The summed E-state index contributed by atoms with van der Waals surface area (Å²) >= 11 is 0. The third-order valence-electron chi connectivity index (χ3n) is 4.58. The topological polar surface area (TPSA) is 76.0 Å². The highest BCUT2D eigenvalue weighted by molar-refractivity contribution is 5.75. The molecule has 0 aliphatic carbocycles. The number of halogens is 4. The second-order valence-electron chi connectivity index (χ2n) is 5.82. The van der Waals surface area contributed by atoms with Crippen molar-refractivity contribution in [3.05, 3.63) is 23.5 Å². The van der Waals surface area contributed by atoms with Crippen molar-refractivity contribution in [3.8, 4) is 11.5 Å². The Hall–Kier alpha value is -2.03. The van der Waals surface area contributed by atoms with Crippen LogP contribution in [0.5, 0.6) is 11.5 Å². The molecule has 0 bridgehead atoms. The summed E-state index contributed by atoms with van der Waals surface area (Å²) in [6.45, 7) is 1.95. The van der Waals surface area contributed by atoms with E-state index < -0.39 is 53.0 Å². The molecule has 1 fully saturated rings. The highest BCUT2D eigenvalue weighted by Gasteiger charge is 2.66. The number of rotatable bonds is 3. The van der Waals surface area contributed by atoms with E-state index in [1.54, 1.807) is 0 Å². The van der Waals surface area contributed by atoms with Crippen LogP contribution >= 0.6 is 0 Å². The Balaban J connectivity index is 2.64. The van der Waals surface area contributed by atoms with E-state index in [0.717, 1.165) is 26.2 Å². The number of hydrogen-bond acceptors (Lipinski definition) is 4. The van der Waals surface area contributed by atoms with Gasteiger partial charge >= 0.3 is 12.1 Å². The van der Waals surface area contributed by atoms with E-state index in [1.165, 1.54) is 6.92 Å². The molecule has 1 aliphatic heterocycles. The Morgan fingerprint density at radius 1 is 1.38 bits per heavy atom. The van der Waals surface area contributed by atoms with Crippen LogP contribution in [0.4, 0.5) is 17.6 Å². The molecule has 0 spiro atoms. The molecule has 0 radical (unpaired) electrons. The normalized spacial score (nSPS) is 30.4. The lowest BCUT2D eigenvalue weighted by molar-refractivity contribution is -0.273. The summed E-state index contributed by atoms with van der Waals surface area (Å²) in [6.07, 6.45) is -6.66. The number of aliphatic carboxylic acids is 1. The zero-order chi connectivity index (χ0) is 18.4. The number of carboxylic acids is 1. The van der Waals surface area contributed by atoms with Crippen molar-refractivity contribution in [1.82, 2.24) is 0 Å². The van der Waals surface area contributed by atoms with Crippen LogP contribution in [0.1, 0.15) is 25.3 Å². The van der Waals surface area contributed by atoms with Crippen molar-refractivity contribution in [2.24, 2.45) is 5.92 Å². The van der Waals surface area contributed by atoms with Crippen molar-refractivity contribution in [2.45, 2.75) is 37.6 Å². The molecule has 4 atom stereocenters. The van der Waals surface area contributed by atoms with E-state index >= 15 is 0 Å². The zero-order valence-corrected chi connectivity index (χ0v) is 13.0. The second-order valence-corrected chi connectivity index (χ2v) is 5.82. The molecule has 2 N–H and O–H groups in total. The number of aromatic hydroxyl groups is 1. The first-order valence-corrected chi connectivity index (χ1v) is 6.98. The van der Waals surface area contributed by atoms with E-state index in [-0.39, 0.29) is 5.56 Å². The van der Waals surface area contributed by atoms with Crippen molar-refractivity contribution in [2.75, 3.05) is 7.11 Å². The third kappa shape index (κ3) is 2.56. The molecule has 0 aromatic heterocycles. The van der Waals surface area contributed by atoms with Gasteiger partial charge < -0.3 is 19.7 Å². The maximum absolute atomic E-state index is 14.0. The molecule has 2 rings (SSSR count). The predicted octanol–water partition coefficient (Wildman–Crippen LogP) is 3.06. The van der Waals surface area contributed by atoms with Gasteiger partial charge in [0.15, 0.2) is 23.2 Å². The summed E-state index contributed by atoms with van der Waals surface area (Å²) in [5, 5.41) is 18.7. The van der Waals surface area contributed by atoms with E-state index in [9.17, 15) is 32.6 Å². The van der Waals surface area contributed by atoms with Crippen LogP contribution in [0.2, 0.25) is 0 Å². The van der Waals surface area contributed by atoms with Gasteiger partial charge in [0.1, 0.15) is 0 Å². The maximum Gasteiger partial charge on any atom is 0.417 e. The summed E-state index contributed by atoms with van der Waals surface area (Å²) < 4.78 is 63.9. The summed E-state index contributed by atoms with van der Waals surface area (Å²) in [5.41, 5.74) is -2.83. The molecule has 0 saturated carbocycles.